The molecule has 0 saturated carbocycles. The summed E-state index contributed by atoms with van der Waals surface area (Å²) in [5, 5.41) is 4.81. The van der Waals surface area contributed by atoms with Crippen molar-refractivity contribution in [2.75, 3.05) is 4.90 Å². The highest BCUT2D eigenvalue weighted by molar-refractivity contribution is 6.12. The van der Waals surface area contributed by atoms with Crippen molar-refractivity contribution in [3.8, 4) is 50.6 Å². The molecule has 0 atom stereocenters. The highest BCUT2D eigenvalue weighted by Crippen LogP contribution is 2.52. The molecule has 0 spiro atoms. The zero-order valence-electron chi connectivity index (χ0n) is 32.3. The lowest BCUT2D eigenvalue weighted by molar-refractivity contribution is 0.487. The molecule has 0 unspecified atom stereocenters. The molecule has 1 aromatic heterocycles. The van der Waals surface area contributed by atoms with Gasteiger partial charge in [0.25, 0.3) is 0 Å². The van der Waals surface area contributed by atoms with Gasteiger partial charge in [-0.3, -0.25) is 0 Å². The molecule has 0 saturated heterocycles. The Morgan fingerprint density at radius 3 is 1.91 bits per heavy atom. The van der Waals surface area contributed by atoms with Crippen molar-refractivity contribution in [3.63, 3.8) is 0 Å². The van der Waals surface area contributed by atoms with Crippen LogP contribution < -0.4 is 9.64 Å². The van der Waals surface area contributed by atoms with Gasteiger partial charge in [0.1, 0.15) is 11.5 Å². The second-order valence-corrected chi connectivity index (χ2v) is 16.1. The van der Waals surface area contributed by atoms with Crippen LogP contribution in [0.15, 0.2) is 194 Å². The molecule has 10 aromatic rings. The van der Waals surface area contributed by atoms with Crippen molar-refractivity contribution in [1.29, 1.82) is 0 Å². The molecule has 0 radical (unpaired) electrons. The first-order valence-corrected chi connectivity index (χ1v) is 20.1. The van der Waals surface area contributed by atoms with E-state index in [1.807, 2.05) is 6.07 Å². The smallest absolute Gasteiger partial charge is 0.135 e. The molecular weight excluding hydrogens is 705 g/mol. The Balaban J connectivity index is 1.03. The van der Waals surface area contributed by atoms with Gasteiger partial charge in [-0.15, -0.1) is 0 Å². The third-order valence-electron chi connectivity index (χ3n) is 12.6. The fourth-order valence-electron chi connectivity index (χ4n) is 9.85. The first-order valence-electron chi connectivity index (χ1n) is 20.1. The third-order valence-corrected chi connectivity index (χ3v) is 12.6. The van der Waals surface area contributed by atoms with E-state index in [4.69, 9.17) is 4.74 Å². The number of ether oxygens (including phenoxy) is 1. The van der Waals surface area contributed by atoms with E-state index in [1.165, 1.54) is 60.6 Å². The number of nitrogens with zero attached hydrogens (tertiary/aromatic N) is 2. The lowest BCUT2D eigenvalue weighted by Crippen LogP contribution is -2.16. The quantitative estimate of drug-likeness (QED) is 0.175. The van der Waals surface area contributed by atoms with Gasteiger partial charge >= 0.3 is 0 Å². The van der Waals surface area contributed by atoms with Gasteiger partial charge in [0, 0.05) is 49.9 Å². The van der Waals surface area contributed by atoms with Crippen molar-refractivity contribution in [2.45, 2.75) is 19.3 Å². The summed E-state index contributed by atoms with van der Waals surface area (Å²) in [5.74, 6) is 1.81. The zero-order valence-corrected chi connectivity index (χ0v) is 32.3. The molecule has 1 aliphatic heterocycles. The Bertz CT molecular complexity index is 3280. The monoisotopic (exact) mass is 742 g/mol. The van der Waals surface area contributed by atoms with Gasteiger partial charge in [-0.05, 0) is 117 Å². The summed E-state index contributed by atoms with van der Waals surface area (Å²) < 4.78 is 8.81. The van der Waals surface area contributed by atoms with Crippen LogP contribution >= 0.6 is 0 Å². The molecule has 58 heavy (non-hydrogen) atoms. The number of aromatic nitrogens is 1. The van der Waals surface area contributed by atoms with Crippen molar-refractivity contribution in [2.24, 2.45) is 0 Å². The van der Waals surface area contributed by atoms with Crippen LogP contribution in [0.2, 0.25) is 0 Å². The predicted molar refractivity (Wildman–Crippen MR) is 241 cm³/mol. The van der Waals surface area contributed by atoms with Gasteiger partial charge in [0.05, 0.1) is 11.0 Å². The van der Waals surface area contributed by atoms with Crippen LogP contribution in [-0.2, 0) is 5.41 Å². The van der Waals surface area contributed by atoms with E-state index in [0.717, 1.165) is 50.8 Å². The van der Waals surface area contributed by atoms with Gasteiger partial charge < -0.3 is 14.2 Å². The highest BCUT2D eigenvalue weighted by Gasteiger charge is 2.36. The minimum Gasteiger partial charge on any atom is -0.456 e. The van der Waals surface area contributed by atoms with Crippen LogP contribution in [0.5, 0.6) is 11.5 Å². The van der Waals surface area contributed by atoms with Crippen LogP contribution in [0.4, 0.5) is 17.1 Å². The van der Waals surface area contributed by atoms with Crippen LogP contribution in [0, 0.1) is 0 Å². The zero-order chi connectivity index (χ0) is 38.5. The van der Waals surface area contributed by atoms with E-state index < -0.39 is 0 Å². The third kappa shape index (κ3) is 4.74. The maximum atomic E-state index is 6.43. The molecule has 9 aromatic carbocycles. The SMILES string of the molecule is CC1(C)c2ccccc2-c2ccc(N(c3ccc(-c4ccc5c6c(cccc46)Oc4ccccc4-5)cc3)c3ccc4c(c3)c3ccccc3n4-c3ccccc3)cc21. The minimum absolute atomic E-state index is 0.122. The van der Waals surface area contributed by atoms with Crippen LogP contribution in [-0.4, -0.2) is 4.57 Å². The summed E-state index contributed by atoms with van der Waals surface area (Å²) in [7, 11) is 0. The van der Waals surface area contributed by atoms with E-state index in [2.05, 4.69) is 211 Å². The number of benzene rings is 9. The number of hydrogen-bond donors (Lipinski definition) is 0. The molecular formula is C55H38N2O. The molecule has 12 rings (SSSR count). The molecule has 0 amide bonds. The molecule has 3 heteroatoms. The van der Waals surface area contributed by atoms with E-state index in [0.29, 0.717) is 0 Å². The maximum Gasteiger partial charge on any atom is 0.135 e. The van der Waals surface area contributed by atoms with Crippen LogP contribution in [0.1, 0.15) is 25.0 Å². The molecule has 0 bridgehead atoms. The number of hydrogen-bond acceptors (Lipinski definition) is 2. The topological polar surface area (TPSA) is 17.4 Å². The second kappa shape index (κ2) is 12.3. The van der Waals surface area contributed by atoms with Crippen molar-refractivity contribution >= 4 is 49.6 Å². The number of para-hydroxylation sites is 3. The molecule has 1 aliphatic carbocycles. The molecule has 2 heterocycles. The standard InChI is InChI=1S/C55H38N2O/c1-55(2)48-19-9-6-15-41(48)42-29-27-39(34-49(42)55)56(38-28-32-51-47(33-38)43-16-7-10-20-50(43)57(51)36-13-4-3-5-14-36)37-25-23-35(24-26-37)40-30-31-46-44-17-8-11-21-52(44)58-53-22-12-18-45(40)54(46)53/h3-34H,1-2H3. The summed E-state index contributed by atoms with van der Waals surface area (Å²) in [6, 6.07) is 70.7. The van der Waals surface area contributed by atoms with Crippen molar-refractivity contribution in [1.82, 2.24) is 4.57 Å². The minimum atomic E-state index is -0.122. The van der Waals surface area contributed by atoms with E-state index in [-0.39, 0.29) is 5.41 Å². The molecule has 3 nitrogen and oxygen atoms in total. The van der Waals surface area contributed by atoms with Crippen molar-refractivity contribution in [3.05, 3.63) is 205 Å². The number of rotatable bonds is 5. The Morgan fingerprint density at radius 2 is 1.03 bits per heavy atom. The Kier molecular flexibility index (Phi) is 6.98. The lowest BCUT2D eigenvalue weighted by atomic mass is 9.82. The van der Waals surface area contributed by atoms with E-state index >= 15 is 0 Å². The Labute approximate surface area is 337 Å². The highest BCUT2D eigenvalue weighted by atomic mass is 16.5. The molecule has 2 aliphatic rings. The summed E-state index contributed by atoms with van der Waals surface area (Å²) in [5.41, 5.74) is 16.8. The predicted octanol–water partition coefficient (Wildman–Crippen LogP) is 15.2. The largest absolute Gasteiger partial charge is 0.456 e. The summed E-state index contributed by atoms with van der Waals surface area (Å²) >= 11 is 0. The molecule has 0 N–H and O–H groups in total. The maximum absolute atomic E-state index is 6.43. The first-order chi connectivity index (χ1) is 28.5. The summed E-state index contributed by atoms with van der Waals surface area (Å²) in [6.07, 6.45) is 0. The fraction of sp³-hybridized carbons (Fsp3) is 0.0545. The average molecular weight is 743 g/mol. The van der Waals surface area contributed by atoms with Crippen LogP contribution in [0.3, 0.4) is 0 Å². The lowest BCUT2D eigenvalue weighted by Gasteiger charge is -2.28. The van der Waals surface area contributed by atoms with E-state index in [1.54, 1.807) is 0 Å². The second-order valence-electron chi connectivity index (χ2n) is 16.1. The Morgan fingerprint density at radius 1 is 0.414 bits per heavy atom. The van der Waals surface area contributed by atoms with Gasteiger partial charge in [-0.1, -0.05) is 135 Å². The number of anilines is 3. The number of fused-ring (bicyclic) bond motifs is 8. The van der Waals surface area contributed by atoms with Crippen molar-refractivity contribution < 1.29 is 4.74 Å². The normalized spacial score (nSPS) is 13.3. The van der Waals surface area contributed by atoms with Gasteiger partial charge in [0.2, 0.25) is 0 Å². The Hall–Kier alpha value is -7.36. The fourth-order valence-corrected chi connectivity index (χ4v) is 9.85. The van der Waals surface area contributed by atoms with Crippen LogP contribution in [0.25, 0.3) is 71.6 Å². The first kappa shape index (κ1) is 32.8. The summed E-state index contributed by atoms with van der Waals surface area (Å²) in [4.78, 5) is 2.43. The molecule has 274 valence electrons. The van der Waals surface area contributed by atoms with Gasteiger partial charge in [-0.2, -0.15) is 0 Å². The summed E-state index contributed by atoms with van der Waals surface area (Å²) in [6.45, 7) is 4.71. The van der Waals surface area contributed by atoms with Gasteiger partial charge in [-0.25, -0.2) is 0 Å². The molecule has 0 fully saturated rings. The van der Waals surface area contributed by atoms with Gasteiger partial charge in [0.15, 0.2) is 0 Å². The average Bonchev–Trinajstić information content (AvgIpc) is 3.72. The van der Waals surface area contributed by atoms with E-state index in [9.17, 15) is 0 Å².